The molecule has 20 heavy (non-hydrogen) atoms. The van der Waals surface area contributed by atoms with Crippen LogP contribution in [0.2, 0.25) is 0 Å². The lowest BCUT2D eigenvalue weighted by Gasteiger charge is -2.18. The molecule has 0 aromatic heterocycles. The molecule has 1 aliphatic carbocycles. The van der Waals surface area contributed by atoms with Crippen molar-refractivity contribution in [1.29, 1.82) is 0 Å². The Balaban J connectivity index is 2.45. The number of carbonyl (C=O) groups is 1. The summed E-state index contributed by atoms with van der Waals surface area (Å²) in [5, 5.41) is 0.601. The van der Waals surface area contributed by atoms with Crippen LogP contribution in [0.25, 0.3) is 5.57 Å². The molecule has 0 N–H and O–H groups in total. The summed E-state index contributed by atoms with van der Waals surface area (Å²) in [7, 11) is 1.62. The van der Waals surface area contributed by atoms with Gasteiger partial charge in [0, 0.05) is 16.2 Å². The van der Waals surface area contributed by atoms with Crippen LogP contribution in [0.15, 0.2) is 40.9 Å². The van der Waals surface area contributed by atoms with Crippen molar-refractivity contribution in [3.8, 4) is 5.75 Å². The Hall–Kier alpha value is -1.74. The normalized spacial score (nSPS) is 14.8. The van der Waals surface area contributed by atoms with E-state index in [1.807, 2.05) is 30.3 Å². The lowest BCUT2D eigenvalue weighted by molar-refractivity contribution is -0.138. The Labute approximate surface area is 123 Å². The number of rotatable bonds is 4. The van der Waals surface area contributed by atoms with Crippen LogP contribution in [0.4, 0.5) is 0 Å². The van der Waals surface area contributed by atoms with E-state index in [0.29, 0.717) is 23.6 Å². The third kappa shape index (κ3) is 3.05. The number of hydrogen-bond donors (Lipinski definition) is 0. The number of methoxy groups -OCH3 is 1. The van der Waals surface area contributed by atoms with E-state index in [2.05, 4.69) is 0 Å². The van der Waals surface area contributed by atoms with Crippen molar-refractivity contribution in [1.82, 2.24) is 0 Å². The third-order valence-corrected chi connectivity index (χ3v) is 3.50. The Morgan fingerprint density at radius 3 is 2.60 bits per heavy atom. The van der Waals surface area contributed by atoms with Gasteiger partial charge < -0.3 is 9.47 Å². The molecule has 0 bridgehead atoms. The van der Waals surface area contributed by atoms with Gasteiger partial charge >= 0.3 is 5.97 Å². The SMILES string of the molecule is CCOC(=O)C1=C(c2ccc(OC)cc2)C(Cl)=CCC1. The summed E-state index contributed by atoms with van der Waals surface area (Å²) in [4.78, 5) is 12.1. The molecule has 0 unspecified atom stereocenters. The molecule has 0 fully saturated rings. The van der Waals surface area contributed by atoms with Gasteiger partial charge in [0.25, 0.3) is 0 Å². The van der Waals surface area contributed by atoms with Crippen molar-refractivity contribution >= 4 is 23.1 Å². The van der Waals surface area contributed by atoms with E-state index in [0.717, 1.165) is 23.3 Å². The maximum atomic E-state index is 12.1. The van der Waals surface area contributed by atoms with E-state index >= 15 is 0 Å². The highest BCUT2D eigenvalue weighted by Crippen LogP contribution is 2.36. The van der Waals surface area contributed by atoms with Gasteiger partial charge in [0.2, 0.25) is 0 Å². The number of esters is 1. The zero-order chi connectivity index (χ0) is 14.5. The summed E-state index contributed by atoms with van der Waals surface area (Å²) >= 11 is 6.29. The predicted octanol–water partition coefficient (Wildman–Crippen LogP) is 3.93. The fourth-order valence-electron chi connectivity index (χ4n) is 2.21. The number of hydrogen-bond acceptors (Lipinski definition) is 3. The van der Waals surface area contributed by atoms with Crippen LogP contribution in [0, 0.1) is 0 Å². The summed E-state index contributed by atoms with van der Waals surface area (Å²) in [6.07, 6.45) is 3.34. The topological polar surface area (TPSA) is 35.5 Å². The van der Waals surface area contributed by atoms with Gasteiger partial charge in [0.15, 0.2) is 0 Å². The van der Waals surface area contributed by atoms with Gasteiger partial charge in [0.05, 0.1) is 13.7 Å². The molecule has 0 atom stereocenters. The molecule has 0 spiro atoms. The Bertz CT molecular complexity index is 556. The van der Waals surface area contributed by atoms with Crippen LogP contribution in [0.3, 0.4) is 0 Å². The third-order valence-electron chi connectivity index (χ3n) is 3.16. The maximum absolute atomic E-state index is 12.1. The number of benzene rings is 1. The molecule has 0 radical (unpaired) electrons. The first kappa shape index (κ1) is 14.7. The van der Waals surface area contributed by atoms with Crippen molar-refractivity contribution in [2.45, 2.75) is 19.8 Å². The molecule has 0 saturated carbocycles. The minimum absolute atomic E-state index is 0.287. The molecule has 3 nitrogen and oxygen atoms in total. The molecule has 0 amide bonds. The summed E-state index contributed by atoms with van der Waals surface area (Å²) in [5.41, 5.74) is 2.30. The van der Waals surface area contributed by atoms with Gasteiger partial charge in [-0.15, -0.1) is 0 Å². The second-order valence-electron chi connectivity index (χ2n) is 4.39. The molecule has 1 aromatic carbocycles. The number of allylic oxidation sites excluding steroid dienone is 3. The van der Waals surface area contributed by atoms with Crippen LogP contribution in [0.5, 0.6) is 5.75 Å². The van der Waals surface area contributed by atoms with E-state index in [1.165, 1.54) is 0 Å². The second-order valence-corrected chi connectivity index (χ2v) is 4.80. The van der Waals surface area contributed by atoms with Crippen LogP contribution in [-0.4, -0.2) is 19.7 Å². The largest absolute Gasteiger partial charge is 0.497 e. The van der Waals surface area contributed by atoms with Gasteiger partial charge in [-0.1, -0.05) is 29.8 Å². The molecule has 0 aliphatic heterocycles. The fraction of sp³-hybridized carbons (Fsp3) is 0.312. The van der Waals surface area contributed by atoms with Gasteiger partial charge in [-0.05, 0) is 37.5 Å². The summed E-state index contributed by atoms with van der Waals surface area (Å²) in [6, 6.07) is 7.50. The van der Waals surface area contributed by atoms with E-state index in [4.69, 9.17) is 21.1 Å². The van der Waals surface area contributed by atoms with Gasteiger partial charge in [-0.25, -0.2) is 4.79 Å². The van der Waals surface area contributed by atoms with Crippen molar-refractivity contribution < 1.29 is 14.3 Å². The van der Waals surface area contributed by atoms with Crippen molar-refractivity contribution in [3.05, 3.63) is 46.5 Å². The molecule has 1 aliphatic rings. The molecule has 0 heterocycles. The van der Waals surface area contributed by atoms with Gasteiger partial charge in [-0.2, -0.15) is 0 Å². The molecule has 0 saturated heterocycles. The highest BCUT2D eigenvalue weighted by Gasteiger charge is 2.22. The van der Waals surface area contributed by atoms with Crippen LogP contribution in [0.1, 0.15) is 25.3 Å². The minimum atomic E-state index is -0.287. The maximum Gasteiger partial charge on any atom is 0.334 e. The quantitative estimate of drug-likeness (QED) is 0.789. The standard InChI is InChI=1S/C16H17ClO3/c1-3-20-16(18)13-5-4-6-14(17)15(13)11-7-9-12(19-2)10-8-11/h6-10H,3-5H2,1-2H3. The van der Waals surface area contributed by atoms with Gasteiger partial charge in [0.1, 0.15) is 5.75 Å². The van der Waals surface area contributed by atoms with Crippen LogP contribution >= 0.6 is 11.6 Å². The molecule has 1 aromatic rings. The molecule has 4 heteroatoms. The first-order chi connectivity index (χ1) is 9.67. The average molecular weight is 293 g/mol. The first-order valence-corrected chi connectivity index (χ1v) is 6.96. The predicted molar refractivity (Wildman–Crippen MR) is 79.7 cm³/mol. The number of ether oxygens (including phenoxy) is 2. The summed E-state index contributed by atoms with van der Waals surface area (Å²) in [5.74, 6) is 0.479. The first-order valence-electron chi connectivity index (χ1n) is 6.58. The molecular weight excluding hydrogens is 276 g/mol. The van der Waals surface area contributed by atoms with E-state index in [9.17, 15) is 4.79 Å². The van der Waals surface area contributed by atoms with Crippen LogP contribution in [-0.2, 0) is 9.53 Å². The van der Waals surface area contributed by atoms with Gasteiger partial charge in [-0.3, -0.25) is 0 Å². The van der Waals surface area contributed by atoms with Crippen molar-refractivity contribution in [2.75, 3.05) is 13.7 Å². The Kier molecular flexibility index (Phi) is 4.85. The molecule has 2 rings (SSSR count). The Morgan fingerprint density at radius 1 is 1.30 bits per heavy atom. The smallest absolute Gasteiger partial charge is 0.334 e. The Morgan fingerprint density at radius 2 is 2.00 bits per heavy atom. The highest BCUT2D eigenvalue weighted by atomic mass is 35.5. The zero-order valence-corrected chi connectivity index (χ0v) is 12.4. The summed E-state index contributed by atoms with van der Waals surface area (Å²) in [6.45, 7) is 2.16. The van der Waals surface area contributed by atoms with E-state index < -0.39 is 0 Å². The monoisotopic (exact) mass is 292 g/mol. The second kappa shape index (κ2) is 6.62. The van der Waals surface area contributed by atoms with Crippen molar-refractivity contribution in [3.63, 3.8) is 0 Å². The fourth-order valence-corrected chi connectivity index (χ4v) is 2.54. The van der Waals surface area contributed by atoms with E-state index in [1.54, 1.807) is 14.0 Å². The summed E-state index contributed by atoms with van der Waals surface area (Å²) < 4.78 is 10.3. The zero-order valence-electron chi connectivity index (χ0n) is 11.6. The number of carbonyl (C=O) groups excluding carboxylic acids is 1. The highest BCUT2D eigenvalue weighted by molar-refractivity contribution is 6.38. The molecule has 106 valence electrons. The molecular formula is C16H17ClO3. The minimum Gasteiger partial charge on any atom is -0.497 e. The number of halogens is 1. The average Bonchev–Trinajstić information content (AvgIpc) is 2.47. The van der Waals surface area contributed by atoms with Crippen molar-refractivity contribution in [2.24, 2.45) is 0 Å². The van der Waals surface area contributed by atoms with E-state index in [-0.39, 0.29) is 5.97 Å². The van der Waals surface area contributed by atoms with Crippen LogP contribution < -0.4 is 4.74 Å². The lowest BCUT2D eigenvalue weighted by Crippen LogP contribution is -2.12. The lowest BCUT2D eigenvalue weighted by atomic mass is 9.92.